The maximum atomic E-state index is 12.9. The molecule has 0 unspecified atom stereocenters. The van der Waals surface area contributed by atoms with E-state index in [1.807, 2.05) is 42.5 Å². The van der Waals surface area contributed by atoms with Crippen LogP contribution in [0.15, 0.2) is 78.9 Å². The van der Waals surface area contributed by atoms with E-state index >= 15 is 0 Å². The molecule has 0 spiro atoms. The van der Waals surface area contributed by atoms with E-state index in [4.69, 9.17) is 4.74 Å². The lowest BCUT2D eigenvalue weighted by Crippen LogP contribution is -2.24. The summed E-state index contributed by atoms with van der Waals surface area (Å²) in [7, 11) is 0. The minimum atomic E-state index is -0.293. The Bertz CT molecular complexity index is 1130. The molecule has 5 nitrogen and oxygen atoms in total. The molecule has 0 saturated carbocycles. The van der Waals surface area contributed by atoms with Crippen molar-refractivity contribution >= 4 is 17.4 Å². The van der Waals surface area contributed by atoms with Crippen LogP contribution < -0.4 is 10.1 Å². The number of hydrogen-bond donors (Lipinski definition) is 1. The summed E-state index contributed by atoms with van der Waals surface area (Å²) in [5.74, 6) is 0.963. The van der Waals surface area contributed by atoms with Crippen molar-refractivity contribution in [2.45, 2.75) is 19.4 Å². The van der Waals surface area contributed by atoms with Crippen molar-refractivity contribution in [2.75, 3.05) is 0 Å². The normalized spacial score (nSPS) is 10.6. The van der Waals surface area contributed by atoms with Crippen molar-refractivity contribution in [1.82, 2.24) is 14.7 Å². The van der Waals surface area contributed by atoms with Gasteiger partial charge < -0.3 is 10.1 Å². The van der Waals surface area contributed by atoms with Crippen molar-refractivity contribution in [3.63, 3.8) is 0 Å². The van der Waals surface area contributed by atoms with E-state index in [0.29, 0.717) is 23.9 Å². The van der Waals surface area contributed by atoms with Crippen LogP contribution in [-0.2, 0) is 24.2 Å². The Balaban J connectivity index is 1.27. The number of aromatic nitrogens is 2. The predicted molar refractivity (Wildman–Crippen MR) is 118 cm³/mol. The van der Waals surface area contributed by atoms with Crippen LogP contribution in [0, 0.1) is 5.82 Å². The first-order chi connectivity index (χ1) is 15.1. The van der Waals surface area contributed by atoms with Crippen LogP contribution in [0.2, 0.25) is 0 Å². The van der Waals surface area contributed by atoms with Crippen LogP contribution in [-0.4, -0.2) is 15.3 Å². The third-order valence-corrected chi connectivity index (χ3v) is 5.18. The summed E-state index contributed by atoms with van der Waals surface area (Å²) in [4.78, 5) is 16.6. The van der Waals surface area contributed by atoms with Crippen molar-refractivity contribution in [3.8, 4) is 10.9 Å². The van der Waals surface area contributed by atoms with Gasteiger partial charge in [-0.1, -0.05) is 54.6 Å². The molecule has 1 N–H and O–H groups in total. The molecule has 31 heavy (non-hydrogen) atoms. The maximum absolute atomic E-state index is 12.9. The van der Waals surface area contributed by atoms with Gasteiger partial charge in [-0.15, -0.1) is 0 Å². The third-order valence-electron chi connectivity index (χ3n) is 4.55. The van der Waals surface area contributed by atoms with Crippen LogP contribution in [0.5, 0.6) is 10.9 Å². The molecule has 0 saturated heterocycles. The fourth-order valence-electron chi connectivity index (χ4n) is 2.96. The van der Waals surface area contributed by atoms with E-state index in [9.17, 15) is 9.18 Å². The molecule has 1 heterocycles. The first-order valence-electron chi connectivity index (χ1n) is 9.78. The molecule has 0 fully saturated rings. The zero-order chi connectivity index (χ0) is 21.5. The predicted octanol–water partition coefficient (Wildman–Crippen LogP) is 4.92. The second kappa shape index (κ2) is 9.95. The Labute approximate surface area is 183 Å². The van der Waals surface area contributed by atoms with E-state index in [2.05, 4.69) is 14.7 Å². The van der Waals surface area contributed by atoms with Gasteiger partial charge in [-0.25, -0.2) is 4.39 Å². The van der Waals surface area contributed by atoms with Crippen LogP contribution >= 0.6 is 11.5 Å². The lowest BCUT2D eigenvalue weighted by Gasteiger charge is -2.06. The molecule has 1 aromatic heterocycles. The van der Waals surface area contributed by atoms with Gasteiger partial charge in [0.1, 0.15) is 11.6 Å². The van der Waals surface area contributed by atoms with E-state index in [-0.39, 0.29) is 18.1 Å². The molecule has 1 amide bonds. The van der Waals surface area contributed by atoms with Crippen LogP contribution in [0.25, 0.3) is 0 Å². The van der Waals surface area contributed by atoms with E-state index in [0.717, 1.165) is 22.5 Å². The first kappa shape index (κ1) is 20.7. The Hall–Kier alpha value is -3.58. The van der Waals surface area contributed by atoms with E-state index in [1.165, 1.54) is 23.7 Å². The van der Waals surface area contributed by atoms with Gasteiger partial charge in [0, 0.05) is 24.5 Å². The molecule has 0 aliphatic carbocycles. The summed E-state index contributed by atoms with van der Waals surface area (Å²) in [6.45, 7) is 0.364. The number of ether oxygens (including phenoxy) is 1. The number of rotatable bonds is 8. The first-order valence-corrected chi connectivity index (χ1v) is 10.6. The summed E-state index contributed by atoms with van der Waals surface area (Å²) >= 11 is 1.21. The van der Waals surface area contributed by atoms with Crippen molar-refractivity contribution < 1.29 is 13.9 Å². The topological polar surface area (TPSA) is 64.1 Å². The average molecular weight is 434 g/mol. The van der Waals surface area contributed by atoms with Crippen LogP contribution in [0.4, 0.5) is 4.39 Å². The van der Waals surface area contributed by atoms with Gasteiger partial charge in [-0.2, -0.15) is 9.36 Å². The highest BCUT2D eigenvalue weighted by Gasteiger charge is 2.08. The molecule has 0 aliphatic heterocycles. The van der Waals surface area contributed by atoms with Gasteiger partial charge in [0.25, 0.3) is 5.19 Å². The Morgan fingerprint density at radius 2 is 1.61 bits per heavy atom. The highest BCUT2D eigenvalue weighted by atomic mass is 32.1. The van der Waals surface area contributed by atoms with Gasteiger partial charge in [0.2, 0.25) is 5.91 Å². The van der Waals surface area contributed by atoms with Gasteiger partial charge >= 0.3 is 0 Å². The highest BCUT2D eigenvalue weighted by molar-refractivity contribution is 7.07. The minimum absolute atomic E-state index is 0.104. The SMILES string of the molecule is O=C(Cc1ccc(Oc2nc(Cc3ccccc3)ns2)cc1)NCc1ccc(F)cc1. The molecule has 3 aromatic carbocycles. The second-order valence-corrected chi connectivity index (χ2v) is 7.68. The number of nitrogens with one attached hydrogen (secondary N) is 1. The minimum Gasteiger partial charge on any atom is -0.430 e. The van der Waals surface area contributed by atoms with Gasteiger partial charge in [0.05, 0.1) is 6.42 Å². The number of benzene rings is 3. The molecule has 0 bridgehead atoms. The summed E-state index contributed by atoms with van der Waals surface area (Å²) in [6.07, 6.45) is 0.911. The number of carbonyl (C=O) groups is 1. The molecule has 0 atom stereocenters. The zero-order valence-corrected chi connectivity index (χ0v) is 17.4. The van der Waals surface area contributed by atoms with Gasteiger partial charge in [-0.05, 0) is 41.0 Å². The second-order valence-electron chi connectivity index (χ2n) is 6.96. The Morgan fingerprint density at radius 1 is 0.903 bits per heavy atom. The lowest BCUT2D eigenvalue weighted by atomic mass is 10.1. The number of amides is 1. The smallest absolute Gasteiger partial charge is 0.298 e. The number of nitrogens with zero attached hydrogens (tertiary/aromatic N) is 2. The molecular formula is C24H20FN3O2S. The van der Waals surface area contributed by atoms with Gasteiger partial charge in [-0.3, -0.25) is 4.79 Å². The van der Waals surface area contributed by atoms with Crippen molar-refractivity contribution in [3.05, 3.63) is 107 Å². The fraction of sp³-hybridized carbons (Fsp3) is 0.125. The highest BCUT2D eigenvalue weighted by Crippen LogP contribution is 2.24. The summed E-state index contributed by atoms with van der Waals surface area (Å²) in [5.41, 5.74) is 2.86. The average Bonchev–Trinajstić information content (AvgIpc) is 3.22. The number of carbonyl (C=O) groups excluding carboxylic acids is 1. The van der Waals surface area contributed by atoms with E-state index in [1.54, 1.807) is 24.3 Å². The molecule has 0 aliphatic rings. The molecule has 4 aromatic rings. The Morgan fingerprint density at radius 3 is 2.35 bits per heavy atom. The largest absolute Gasteiger partial charge is 0.430 e. The van der Waals surface area contributed by atoms with Crippen molar-refractivity contribution in [2.24, 2.45) is 0 Å². The zero-order valence-electron chi connectivity index (χ0n) is 16.6. The summed E-state index contributed by atoms with van der Waals surface area (Å²) in [5, 5.41) is 3.32. The van der Waals surface area contributed by atoms with Crippen LogP contribution in [0.1, 0.15) is 22.5 Å². The number of halogens is 1. The monoisotopic (exact) mass is 433 g/mol. The van der Waals surface area contributed by atoms with Gasteiger partial charge in [0.15, 0.2) is 5.82 Å². The third kappa shape index (κ3) is 6.20. The lowest BCUT2D eigenvalue weighted by molar-refractivity contribution is -0.120. The quantitative estimate of drug-likeness (QED) is 0.428. The summed E-state index contributed by atoms with van der Waals surface area (Å²) in [6, 6.07) is 23.4. The molecule has 156 valence electrons. The molecule has 0 radical (unpaired) electrons. The fourth-order valence-corrected chi connectivity index (χ4v) is 3.53. The molecular weight excluding hydrogens is 413 g/mol. The standard InChI is InChI=1S/C24H20FN3O2S/c25-20-10-6-19(7-11-20)16-26-23(29)15-18-8-12-21(13-9-18)30-24-27-22(28-31-24)14-17-4-2-1-3-5-17/h1-13H,14-16H2,(H,26,29). The maximum Gasteiger partial charge on any atom is 0.298 e. The molecule has 7 heteroatoms. The number of hydrogen-bond acceptors (Lipinski definition) is 5. The Kier molecular flexibility index (Phi) is 6.64. The van der Waals surface area contributed by atoms with Crippen LogP contribution in [0.3, 0.4) is 0 Å². The summed E-state index contributed by atoms with van der Waals surface area (Å²) < 4.78 is 23.1. The van der Waals surface area contributed by atoms with E-state index < -0.39 is 0 Å². The molecule has 4 rings (SSSR count). The van der Waals surface area contributed by atoms with Crippen molar-refractivity contribution in [1.29, 1.82) is 0 Å².